The van der Waals surface area contributed by atoms with E-state index in [1.54, 1.807) is 12.3 Å². The number of amides is 1. The van der Waals surface area contributed by atoms with Crippen molar-refractivity contribution in [1.82, 2.24) is 24.9 Å². The van der Waals surface area contributed by atoms with Crippen LogP contribution in [-0.4, -0.2) is 31.2 Å². The Bertz CT molecular complexity index is 1360. The zero-order valence-electron chi connectivity index (χ0n) is 16.8. The molecule has 0 aliphatic carbocycles. The Morgan fingerprint density at radius 3 is 2.71 bits per heavy atom. The zero-order valence-corrected chi connectivity index (χ0v) is 17.6. The number of carbonyl (C=O) groups is 1. The van der Waals surface area contributed by atoms with Gasteiger partial charge >= 0.3 is 0 Å². The van der Waals surface area contributed by atoms with Gasteiger partial charge in [-0.05, 0) is 31.2 Å². The van der Waals surface area contributed by atoms with Gasteiger partial charge in [-0.3, -0.25) is 9.20 Å². The Hall–Kier alpha value is -3.65. The van der Waals surface area contributed by atoms with Crippen molar-refractivity contribution in [3.8, 4) is 11.4 Å². The van der Waals surface area contributed by atoms with Gasteiger partial charge in [-0.25, -0.2) is 4.98 Å². The van der Waals surface area contributed by atoms with Gasteiger partial charge in [0, 0.05) is 5.56 Å². The maximum Gasteiger partial charge on any atom is 0.230 e. The number of para-hydroxylation sites is 2. The van der Waals surface area contributed by atoms with Gasteiger partial charge in [-0.15, -0.1) is 10.2 Å². The molecule has 8 heteroatoms. The average Bonchev–Trinajstić information content (AvgIpc) is 3.47. The van der Waals surface area contributed by atoms with Gasteiger partial charge in [0.15, 0.2) is 11.5 Å². The van der Waals surface area contributed by atoms with Crippen LogP contribution >= 0.6 is 11.8 Å². The summed E-state index contributed by atoms with van der Waals surface area (Å²) < 4.78 is 7.26. The minimum Gasteiger partial charge on any atom is -0.467 e. The average molecular weight is 430 g/mol. The maximum atomic E-state index is 12.3. The molecule has 3 heterocycles. The largest absolute Gasteiger partial charge is 0.467 e. The van der Waals surface area contributed by atoms with Crippen LogP contribution in [0.3, 0.4) is 0 Å². The molecule has 1 amide bonds. The van der Waals surface area contributed by atoms with Gasteiger partial charge in [0.05, 0.1) is 29.6 Å². The van der Waals surface area contributed by atoms with Crippen molar-refractivity contribution in [2.45, 2.75) is 18.5 Å². The summed E-state index contributed by atoms with van der Waals surface area (Å²) in [5.74, 6) is 1.57. The smallest absolute Gasteiger partial charge is 0.230 e. The summed E-state index contributed by atoms with van der Waals surface area (Å²) >= 11 is 1.34. The molecule has 31 heavy (non-hydrogen) atoms. The molecule has 0 spiro atoms. The lowest BCUT2D eigenvalue weighted by molar-refractivity contribution is -0.118. The SMILES string of the molecule is Cc1ccc(-c2nnc3c(SCC(=O)NCc4ccco4)nc4ccccc4n23)cc1. The van der Waals surface area contributed by atoms with E-state index in [0.717, 1.165) is 22.4 Å². The van der Waals surface area contributed by atoms with E-state index >= 15 is 0 Å². The number of aryl methyl sites for hydroxylation is 1. The van der Waals surface area contributed by atoms with E-state index in [9.17, 15) is 4.79 Å². The fourth-order valence-electron chi connectivity index (χ4n) is 3.33. The van der Waals surface area contributed by atoms with E-state index in [1.807, 2.05) is 46.9 Å². The number of nitrogens with zero attached hydrogens (tertiary/aromatic N) is 4. The van der Waals surface area contributed by atoms with Gasteiger partial charge in [-0.2, -0.15) is 0 Å². The van der Waals surface area contributed by atoms with Crippen LogP contribution in [0.5, 0.6) is 0 Å². The van der Waals surface area contributed by atoms with E-state index in [2.05, 4.69) is 34.6 Å². The van der Waals surface area contributed by atoms with Gasteiger partial charge in [-0.1, -0.05) is 53.7 Å². The van der Waals surface area contributed by atoms with Crippen LogP contribution in [0.1, 0.15) is 11.3 Å². The van der Waals surface area contributed by atoms with Crippen LogP contribution in [0.15, 0.2) is 76.4 Å². The number of fused-ring (bicyclic) bond motifs is 3. The lowest BCUT2D eigenvalue weighted by Gasteiger charge is -2.09. The molecule has 0 radical (unpaired) electrons. The molecule has 2 aromatic carbocycles. The third kappa shape index (κ3) is 3.89. The van der Waals surface area contributed by atoms with E-state index in [4.69, 9.17) is 9.40 Å². The predicted molar refractivity (Wildman–Crippen MR) is 120 cm³/mol. The Morgan fingerprint density at radius 1 is 1.06 bits per heavy atom. The van der Waals surface area contributed by atoms with Crippen molar-refractivity contribution in [2.24, 2.45) is 0 Å². The monoisotopic (exact) mass is 429 g/mol. The molecule has 0 fully saturated rings. The number of thioether (sulfide) groups is 1. The van der Waals surface area contributed by atoms with E-state index < -0.39 is 0 Å². The Morgan fingerprint density at radius 2 is 1.90 bits per heavy atom. The first-order chi connectivity index (χ1) is 15.2. The highest BCUT2D eigenvalue weighted by atomic mass is 32.2. The third-order valence-electron chi connectivity index (χ3n) is 4.89. The molecule has 0 unspecified atom stereocenters. The Balaban J connectivity index is 1.48. The Kier molecular flexibility index (Phi) is 5.13. The number of nitrogens with one attached hydrogen (secondary N) is 1. The van der Waals surface area contributed by atoms with Crippen molar-refractivity contribution in [3.05, 3.63) is 78.3 Å². The molecule has 5 rings (SSSR count). The van der Waals surface area contributed by atoms with Gasteiger partial charge in [0.25, 0.3) is 0 Å². The molecule has 0 bridgehead atoms. The molecule has 0 saturated carbocycles. The molecule has 7 nitrogen and oxygen atoms in total. The second-order valence-corrected chi connectivity index (χ2v) is 8.06. The van der Waals surface area contributed by atoms with Crippen molar-refractivity contribution in [1.29, 1.82) is 0 Å². The molecule has 5 aromatic rings. The summed E-state index contributed by atoms with van der Waals surface area (Å²) in [7, 11) is 0. The summed E-state index contributed by atoms with van der Waals surface area (Å²) in [5.41, 5.74) is 4.53. The van der Waals surface area contributed by atoms with E-state index in [1.165, 1.54) is 17.3 Å². The number of hydrogen-bond acceptors (Lipinski definition) is 6. The second-order valence-electron chi connectivity index (χ2n) is 7.10. The number of hydrogen-bond donors (Lipinski definition) is 1. The molecule has 0 saturated heterocycles. The summed E-state index contributed by atoms with van der Waals surface area (Å²) in [6, 6.07) is 19.7. The van der Waals surface area contributed by atoms with Crippen LogP contribution in [0.4, 0.5) is 0 Å². The number of aromatic nitrogens is 4. The summed E-state index contributed by atoms with van der Waals surface area (Å²) in [4.78, 5) is 17.1. The van der Waals surface area contributed by atoms with Crippen LogP contribution in [0.2, 0.25) is 0 Å². The highest BCUT2D eigenvalue weighted by molar-refractivity contribution is 8.00. The summed E-state index contributed by atoms with van der Waals surface area (Å²) in [6.07, 6.45) is 1.59. The number of benzene rings is 2. The number of furan rings is 1. The highest BCUT2D eigenvalue weighted by Gasteiger charge is 2.17. The third-order valence-corrected chi connectivity index (χ3v) is 5.84. The van der Waals surface area contributed by atoms with Crippen molar-refractivity contribution < 1.29 is 9.21 Å². The Labute approximate surface area is 182 Å². The molecule has 0 aliphatic heterocycles. The van der Waals surface area contributed by atoms with Crippen LogP contribution < -0.4 is 5.32 Å². The van der Waals surface area contributed by atoms with Crippen LogP contribution in [0, 0.1) is 6.92 Å². The molecule has 154 valence electrons. The topological polar surface area (TPSA) is 85.3 Å². The molecule has 0 atom stereocenters. The first kappa shape index (κ1) is 19.3. The van der Waals surface area contributed by atoms with Crippen molar-refractivity contribution in [3.63, 3.8) is 0 Å². The quantitative estimate of drug-likeness (QED) is 0.406. The summed E-state index contributed by atoms with van der Waals surface area (Å²) in [6.45, 7) is 2.41. The molecule has 1 N–H and O–H groups in total. The minimum absolute atomic E-state index is 0.104. The van der Waals surface area contributed by atoms with Crippen molar-refractivity contribution in [2.75, 3.05) is 5.75 Å². The molecule has 3 aromatic heterocycles. The van der Waals surface area contributed by atoms with Gasteiger partial charge in [0.1, 0.15) is 10.8 Å². The van der Waals surface area contributed by atoms with Gasteiger partial charge in [0.2, 0.25) is 5.91 Å². The van der Waals surface area contributed by atoms with Crippen LogP contribution in [-0.2, 0) is 11.3 Å². The molecule has 0 aliphatic rings. The van der Waals surface area contributed by atoms with Gasteiger partial charge < -0.3 is 9.73 Å². The zero-order chi connectivity index (χ0) is 21.2. The normalized spacial score (nSPS) is 11.3. The predicted octanol–water partition coefficient (Wildman–Crippen LogP) is 4.25. The fourth-order valence-corrected chi connectivity index (χ4v) is 4.12. The molecular formula is C23H19N5O2S. The van der Waals surface area contributed by atoms with Crippen LogP contribution in [0.25, 0.3) is 28.1 Å². The minimum atomic E-state index is -0.104. The highest BCUT2D eigenvalue weighted by Crippen LogP contribution is 2.29. The first-order valence-electron chi connectivity index (χ1n) is 9.82. The maximum absolute atomic E-state index is 12.3. The fraction of sp³-hybridized carbons (Fsp3) is 0.130. The van der Waals surface area contributed by atoms with E-state index in [0.29, 0.717) is 23.0 Å². The number of carbonyl (C=O) groups excluding carboxylic acids is 1. The number of rotatable bonds is 6. The lowest BCUT2D eigenvalue weighted by atomic mass is 10.1. The van der Waals surface area contributed by atoms with E-state index in [-0.39, 0.29) is 11.7 Å². The summed E-state index contributed by atoms with van der Waals surface area (Å²) in [5, 5.41) is 12.4. The first-order valence-corrected chi connectivity index (χ1v) is 10.8. The lowest BCUT2D eigenvalue weighted by Crippen LogP contribution is -2.24. The molecular weight excluding hydrogens is 410 g/mol. The standard InChI is InChI=1S/C23H19N5O2S/c1-15-8-10-16(11-9-15)21-26-27-22-23(25-18-6-2-3-7-19(18)28(21)22)31-14-20(29)24-13-17-5-4-12-30-17/h2-12H,13-14H2,1H3,(H,24,29). The second kappa shape index (κ2) is 8.23. The van der Waals surface area contributed by atoms with Crippen molar-refractivity contribution >= 4 is 34.3 Å².